The minimum atomic E-state index is -1.06. The van der Waals surface area contributed by atoms with Crippen molar-refractivity contribution in [3.63, 3.8) is 0 Å². The van der Waals surface area contributed by atoms with Gasteiger partial charge in [0.25, 0.3) is 5.91 Å². The molecule has 0 aliphatic rings. The summed E-state index contributed by atoms with van der Waals surface area (Å²) < 4.78 is 0. The van der Waals surface area contributed by atoms with Crippen LogP contribution in [0.15, 0.2) is 18.2 Å². The van der Waals surface area contributed by atoms with Gasteiger partial charge in [-0.1, -0.05) is 32.4 Å². The summed E-state index contributed by atoms with van der Waals surface area (Å²) in [6.45, 7) is 7.11. The Morgan fingerprint density at radius 2 is 1.89 bits per heavy atom. The number of nitrogens with one attached hydrogen (secondary N) is 1. The third-order valence-corrected chi connectivity index (χ3v) is 2.84. The highest BCUT2D eigenvalue weighted by Crippen LogP contribution is 2.21. The smallest absolute Gasteiger partial charge is 0.326 e. The third-order valence-electron chi connectivity index (χ3n) is 2.84. The zero-order valence-electron chi connectivity index (χ0n) is 11.7. The average molecular weight is 264 g/mol. The molecule has 104 valence electrons. The van der Waals surface area contributed by atoms with Crippen LogP contribution in [0.4, 0.5) is 5.69 Å². The van der Waals surface area contributed by atoms with Crippen molar-refractivity contribution < 1.29 is 14.7 Å². The van der Waals surface area contributed by atoms with E-state index in [1.54, 1.807) is 39.0 Å². The number of rotatable bonds is 3. The number of carbonyl (C=O) groups excluding carboxylic acids is 1. The molecule has 5 nitrogen and oxygen atoms in total. The molecule has 0 aliphatic heterocycles. The molecular weight excluding hydrogens is 244 g/mol. The van der Waals surface area contributed by atoms with Gasteiger partial charge in [-0.05, 0) is 24.5 Å². The van der Waals surface area contributed by atoms with E-state index in [0.29, 0.717) is 11.3 Å². The quantitative estimate of drug-likeness (QED) is 0.726. The molecule has 0 spiro atoms. The van der Waals surface area contributed by atoms with Crippen molar-refractivity contribution >= 4 is 17.6 Å². The molecule has 1 atom stereocenters. The molecule has 1 amide bonds. The molecule has 0 heterocycles. The predicted octanol–water partition coefficient (Wildman–Crippen LogP) is 1.81. The molecule has 0 unspecified atom stereocenters. The molecule has 0 bridgehead atoms. The fourth-order valence-corrected chi connectivity index (χ4v) is 1.72. The lowest BCUT2D eigenvalue weighted by Crippen LogP contribution is -2.49. The largest absolute Gasteiger partial charge is 0.480 e. The Hall–Kier alpha value is -2.04. The minimum Gasteiger partial charge on any atom is -0.480 e. The number of aliphatic carboxylic acids is 1. The maximum Gasteiger partial charge on any atom is 0.326 e. The van der Waals surface area contributed by atoms with E-state index in [4.69, 9.17) is 5.73 Å². The number of carboxylic acids is 1. The van der Waals surface area contributed by atoms with Gasteiger partial charge in [-0.25, -0.2) is 4.79 Å². The summed E-state index contributed by atoms with van der Waals surface area (Å²) in [7, 11) is 0. The lowest BCUT2D eigenvalue weighted by Gasteiger charge is -2.28. The van der Waals surface area contributed by atoms with E-state index in [0.717, 1.165) is 5.56 Å². The first-order chi connectivity index (χ1) is 8.62. The van der Waals surface area contributed by atoms with Crippen LogP contribution in [-0.2, 0) is 4.79 Å². The number of aryl methyl sites for hydroxylation is 1. The van der Waals surface area contributed by atoms with Crippen molar-refractivity contribution in [2.24, 2.45) is 5.41 Å². The molecule has 0 fully saturated rings. The van der Waals surface area contributed by atoms with E-state index >= 15 is 0 Å². The lowest BCUT2D eigenvalue weighted by molar-refractivity contribution is -0.142. The normalized spacial score (nSPS) is 12.8. The summed E-state index contributed by atoms with van der Waals surface area (Å²) in [4.78, 5) is 23.3. The number of nitrogen functional groups attached to an aromatic ring is 1. The van der Waals surface area contributed by atoms with Crippen LogP contribution < -0.4 is 11.1 Å². The van der Waals surface area contributed by atoms with Gasteiger partial charge in [0.15, 0.2) is 0 Å². The summed E-state index contributed by atoms with van der Waals surface area (Å²) in [6, 6.07) is 4.10. The van der Waals surface area contributed by atoms with Gasteiger partial charge in [0.05, 0.1) is 5.56 Å². The fraction of sp³-hybridized carbons (Fsp3) is 0.429. The number of nitrogens with two attached hydrogens (primary N) is 1. The number of amides is 1. The van der Waals surface area contributed by atoms with Crippen LogP contribution in [0.1, 0.15) is 36.7 Å². The molecule has 0 aliphatic carbocycles. The second-order valence-corrected chi connectivity index (χ2v) is 5.70. The number of hydrogen-bond acceptors (Lipinski definition) is 3. The number of carbonyl (C=O) groups is 2. The van der Waals surface area contributed by atoms with E-state index in [1.165, 1.54) is 0 Å². The molecule has 1 aromatic rings. The highest BCUT2D eigenvalue weighted by Gasteiger charge is 2.33. The van der Waals surface area contributed by atoms with Crippen molar-refractivity contribution in [3.8, 4) is 0 Å². The maximum atomic E-state index is 12.1. The number of carboxylic acid groups (broad SMARTS) is 1. The van der Waals surface area contributed by atoms with Crippen LogP contribution in [0.3, 0.4) is 0 Å². The predicted molar refractivity (Wildman–Crippen MR) is 73.9 cm³/mol. The van der Waals surface area contributed by atoms with E-state index in [1.807, 2.05) is 6.92 Å². The van der Waals surface area contributed by atoms with E-state index in [2.05, 4.69) is 5.32 Å². The number of benzene rings is 1. The zero-order chi connectivity index (χ0) is 14.8. The summed E-state index contributed by atoms with van der Waals surface area (Å²) in [5, 5.41) is 11.7. The van der Waals surface area contributed by atoms with Crippen molar-refractivity contribution in [1.82, 2.24) is 5.32 Å². The van der Waals surface area contributed by atoms with Gasteiger partial charge in [-0.2, -0.15) is 0 Å². The third kappa shape index (κ3) is 3.71. The SMILES string of the molecule is Cc1ccc(N)c(C(=O)N[C@@H](C(=O)O)C(C)(C)C)c1. The first kappa shape index (κ1) is 15.0. The lowest BCUT2D eigenvalue weighted by atomic mass is 9.86. The molecule has 0 radical (unpaired) electrons. The molecule has 19 heavy (non-hydrogen) atoms. The van der Waals surface area contributed by atoms with Gasteiger partial charge < -0.3 is 16.2 Å². The molecular formula is C14H20N2O3. The highest BCUT2D eigenvalue weighted by atomic mass is 16.4. The molecule has 0 saturated carbocycles. The van der Waals surface area contributed by atoms with Crippen molar-refractivity contribution in [3.05, 3.63) is 29.3 Å². The highest BCUT2D eigenvalue weighted by molar-refractivity contribution is 6.01. The Morgan fingerprint density at radius 3 is 2.37 bits per heavy atom. The number of hydrogen-bond donors (Lipinski definition) is 3. The van der Waals surface area contributed by atoms with Crippen molar-refractivity contribution in [2.75, 3.05) is 5.73 Å². The van der Waals surface area contributed by atoms with Crippen LogP contribution in [0, 0.1) is 12.3 Å². The van der Waals surface area contributed by atoms with E-state index < -0.39 is 23.3 Å². The zero-order valence-corrected chi connectivity index (χ0v) is 11.7. The molecule has 0 saturated heterocycles. The van der Waals surface area contributed by atoms with E-state index in [9.17, 15) is 14.7 Å². The maximum absolute atomic E-state index is 12.1. The standard InChI is InChI=1S/C14H20N2O3/c1-8-5-6-10(15)9(7-8)12(17)16-11(13(18)19)14(2,3)4/h5-7,11H,15H2,1-4H3,(H,16,17)(H,18,19)/t11-/m0/s1. The van der Waals surface area contributed by atoms with Gasteiger partial charge in [-0.3, -0.25) is 4.79 Å². The molecule has 4 N–H and O–H groups in total. The van der Waals surface area contributed by atoms with E-state index in [-0.39, 0.29) is 0 Å². The Kier molecular flexibility index (Phi) is 4.19. The van der Waals surface area contributed by atoms with Crippen LogP contribution in [0.2, 0.25) is 0 Å². The second-order valence-electron chi connectivity index (χ2n) is 5.70. The summed E-state index contributed by atoms with van der Waals surface area (Å²) in [5.74, 6) is -1.53. The van der Waals surface area contributed by atoms with Crippen LogP contribution in [0.25, 0.3) is 0 Å². The molecule has 0 aromatic heterocycles. The van der Waals surface area contributed by atoms with Crippen LogP contribution >= 0.6 is 0 Å². The van der Waals surface area contributed by atoms with Crippen LogP contribution in [-0.4, -0.2) is 23.0 Å². The van der Waals surface area contributed by atoms with Gasteiger partial charge in [0, 0.05) is 5.69 Å². The minimum absolute atomic E-state index is 0.301. The first-order valence-corrected chi connectivity index (χ1v) is 6.02. The van der Waals surface area contributed by atoms with Gasteiger partial charge in [0.1, 0.15) is 6.04 Å². The Labute approximate surface area is 112 Å². The summed E-state index contributed by atoms with van der Waals surface area (Å²) >= 11 is 0. The van der Waals surface area contributed by atoms with Crippen molar-refractivity contribution in [2.45, 2.75) is 33.7 Å². The molecule has 1 aromatic carbocycles. The van der Waals surface area contributed by atoms with Crippen LogP contribution in [0.5, 0.6) is 0 Å². The van der Waals surface area contributed by atoms with Gasteiger partial charge in [0.2, 0.25) is 0 Å². The summed E-state index contributed by atoms with van der Waals surface area (Å²) in [5.41, 5.74) is 6.69. The number of anilines is 1. The topological polar surface area (TPSA) is 92.4 Å². The van der Waals surface area contributed by atoms with Crippen molar-refractivity contribution in [1.29, 1.82) is 0 Å². The fourth-order valence-electron chi connectivity index (χ4n) is 1.72. The Bertz CT molecular complexity index is 504. The summed E-state index contributed by atoms with van der Waals surface area (Å²) in [6.07, 6.45) is 0. The van der Waals surface area contributed by atoms with Gasteiger partial charge >= 0.3 is 5.97 Å². The monoisotopic (exact) mass is 264 g/mol. The molecule has 5 heteroatoms. The first-order valence-electron chi connectivity index (χ1n) is 6.02. The Balaban J connectivity index is 3.01. The second kappa shape index (κ2) is 5.30. The van der Waals surface area contributed by atoms with Gasteiger partial charge in [-0.15, -0.1) is 0 Å². The molecule has 1 rings (SSSR count). The Morgan fingerprint density at radius 1 is 1.32 bits per heavy atom. The average Bonchev–Trinajstić information content (AvgIpc) is 2.26.